The van der Waals surface area contributed by atoms with E-state index in [0.717, 1.165) is 87.7 Å². The van der Waals surface area contributed by atoms with E-state index in [1.165, 1.54) is 0 Å². The summed E-state index contributed by atoms with van der Waals surface area (Å²) in [6, 6.07) is -1.90. The first-order valence-electron chi connectivity index (χ1n) is 35.4. The van der Waals surface area contributed by atoms with E-state index in [2.05, 4.69) is 80.4 Å². The van der Waals surface area contributed by atoms with Crippen molar-refractivity contribution in [3.05, 3.63) is 47.7 Å². The first kappa shape index (κ1) is 71.3. The summed E-state index contributed by atoms with van der Waals surface area (Å²) in [5, 5.41) is 31.4. The molecule has 10 fully saturated rings. The van der Waals surface area contributed by atoms with E-state index in [9.17, 15) is 29.1 Å². The molecule has 12 bridgehead atoms. The third kappa shape index (κ3) is 17.5. The molecule has 10 aliphatic heterocycles. The summed E-state index contributed by atoms with van der Waals surface area (Å²) in [4.78, 5) is 78.8. The molecule has 0 aliphatic carbocycles. The molecule has 0 saturated carbocycles. The number of nitrogens with zero attached hydrogens (tertiary/aromatic N) is 5. The molecule has 4 amide bonds. The number of Topliss-reactive ketones (excluding diaryl/α,β-unsaturated/α-hetero) is 1. The standard InChI is InChI=1S/C69H104N10O15S/c1-9-78(10-2)24-15-13-16-49(74-67(85)59(38(3)4)75-57(82)17-12-11-14-25-79-37-50(76-77-79)42-33-72-68(95)73-34-42)66(84)71-36-58(83)70-35-44(81)30-55-60(86-8)48-29-43(80)28-46-19-21-52-61(89-46)65-64-63(91-52)62-56(92-64)32-69(93-62,94-65)23-22-47-27-40(6)51(87-47)20-18-45-26-39(5)41(7)53(88-45)31-54(48)90-55/h33-34,37-39,44-49,51-56,59-65,81H,6-7,9-32,35-36H2,1-5,8H3,(H,70,83)(H,71,84)(H,74,85)(H,75,82)(H,72,73,95)/t39-,44+,45+,46-,47+,48+,49+,51?,52+,53-,54+,55-,56?,59+,60-,61+,62+,63+,64-,65+,69+/m1/s1. The number of amides is 4. The molecule has 2 aromatic heterocycles. The summed E-state index contributed by atoms with van der Waals surface area (Å²) < 4.78 is 63.2. The Kier molecular flexibility index (Phi) is 24.3. The van der Waals surface area contributed by atoms with Gasteiger partial charge in [-0.05, 0) is 132 Å². The van der Waals surface area contributed by atoms with E-state index < -0.39 is 84.7 Å². The van der Waals surface area contributed by atoms with Gasteiger partial charge in [-0.1, -0.05) is 59.4 Å². The topological polar surface area (TPSA) is 299 Å². The summed E-state index contributed by atoms with van der Waals surface area (Å²) >= 11 is 5.04. The number of methoxy groups -OCH3 is 1. The molecule has 25 nitrogen and oxygen atoms in total. The molecule has 12 rings (SSSR count). The Labute approximate surface area is 563 Å². The van der Waals surface area contributed by atoms with E-state index in [-0.39, 0.29) is 117 Å². The maximum atomic E-state index is 14.6. The Balaban J connectivity index is 0.690. The van der Waals surface area contributed by atoms with Gasteiger partial charge in [-0.2, -0.15) is 0 Å². The second-order valence-corrected chi connectivity index (χ2v) is 29.0. The summed E-state index contributed by atoms with van der Waals surface area (Å²) in [7, 11) is 1.60. The number of rotatable bonds is 26. The number of aromatic nitrogens is 5. The van der Waals surface area contributed by atoms with E-state index >= 15 is 0 Å². The summed E-state index contributed by atoms with van der Waals surface area (Å²) in [6.45, 7) is 21.7. The molecule has 95 heavy (non-hydrogen) atoms. The predicted molar refractivity (Wildman–Crippen MR) is 350 cm³/mol. The van der Waals surface area contributed by atoms with Crippen LogP contribution in [0.3, 0.4) is 0 Å². The number of ether oxygens (including phenoxy) is 9. The van der Waals surface area contributed by atoms with Crippen molar-refractivity contribution in [1.82, 2.24) is 51.1 Å². The maximum absolute atomic E-state index is 14.6. The molecule has 6 N–H and O–H groups in total. The van der Waals surface area contributed by atoms with Crippen LogP contribution in [0, 0.1) is 22.5 Å². The van der Waals surface area contributed by atoms with Crippen molar-refractivity contribution in [2.24, 2.45) is 17.8 Å². The van der Waals surface area contributed by atoms with Crippen molar-refractivity contribution in [2.45, 2.75) is 285 Å². The van der Waals surface area contributed by atoms with E-state index in [4.69, 9.17) is 54.8 Å². The average molecular weight is 1350 g/mol. The predicted octanol–water partition coefficient (Wildman–Crippen LogP) is 5.82. The molecule has 21 atom stereocenters. The van der Waals surface area contributed by atoms with Crippen molar-refractivity contribution >= 4 is 41.6 Å². The van der Waals surface area contributed by atoms with Crippen LogP contribution >= 0.6 is 12.2 Å². The zero-order chi connectivity index (χ0) is 67.1. The van der Waals surface area contributed by atoms with E-state index in [1.807, 2.05) is 20.0 Å². The van der Waals surface area contributed by atoms with Gasteiger partial charge in [0.15, 0.2) is 10.6 Å². The molecule has 2 unspecified atom stereocenters. The molecule has 10 saturated heterocycles. The number of fused-ring (bicyclic) bond motifs is 6. The number of aromatic amines is 1. The van der Waals surface area contributed by atoms with Gasteiger partial charge in [0.25, 0.3) is 0 Å². The summed E-state index contributed by atoms with van der Waals surface area (Å²) in [5.41, 5.74) is 3.49. The van der Waals surface area contributed by atoms with E-state index in [0.29, 0.717) is 68.4 Å². The lowest BCUT2D eigenvalue weighted by Crippen LogP contribution is -2.61. The van der Waals surface area contributed by atoms with Gasteiger partial charge < -0.3 is 78.9 Å². The molecule has 0 aromatic carbocycles. The number of aliphatic hydroxyl groups is 1. The molecule has 0 radical (unpaired) electrons. The van der Waals surface area contributed by atoms with Crippen molar-refractivity contribution < 1.29 is 71.7 Å². The van der Waals surface area contributed by atoms with Crippen LogP contribution in [0.2, 0.25) is 0 Å². The maximum Gasteiger partial charge on any atom is 0.243 e. The first-order valence-corrected chi connectivity index (χ1v) is 35.9. The number of H-pyrrole nitrogens is 1. The average Bonchev–Trinajstić information content (AvgIpc) is 1.55. The molecule has 10 aliphatic rings. The molecular formula is C69H104N10O15S. The third-order valence-corrected chi connectivity index (χ3v) is 21.7. The first-order chi connectivity index (χ1) is 45.8. The fraction of sp³-hybridized carbons (Fsp3) is 0.783. The molecule has 1 spiro atoms. The van der Waals surface area contributed by atoms with E-state index in [1.54, 1.807) is 24.2 Å². The van der Waals surface area contributed by atoms with Crippen LogP contribution in [0.25, 0.3) is 11.3 Å². The second kappa shape index (κ2) is 32.4. The molecule has 2 aromatic rings. The van der Waals surface area contributed by atoms with Crippen molar-refractivity contribution in [3.8, 4) is 11.3 Å². The zero-order valence-electron chi connectivity index (χ0n) is 56.5. The lowest BCUT2D eigenvalue weighted by Gasteiger charge is -2.47. The number of aliphatic hydroxyl groups excluding tert-OH is 1. The fourth-order valence-corrected chi connectivity index (χ4v) is 16.3. The Morgan fingerprint density at radius 3 is 2.37 bits per heavy atom. The summed E-state index contributed by atoms with van der Waals surface area (Å²) in [6.07, 6.45) is 10.6. The fourth-order valence-electron chi connectivity index (χ4n) is 16.1. The highest BCUT2D eigenvalue weighted by atomic mass is 32.1. The third-order valence-electron chi connectivity index (χ3n) is 21.5. The van der Waals surface area contributed by atoms with Crippen molar-refractivity contribution in [2.75, 3.05) is 39.8 Å². The smallest absolute Gasteiger partial charge is 0.243 e. The van der Waals surface area contributed by atoms with Gasteiger partial charge in [-0.15, -0.1) is 5.10 Å². The van der Waals surface area contributed by atoms with Crippen LogP contribution in [0.1, 0.15) is 163 Å². The van der Waals surface area contributed by atoms with Crippen LogP contribution in [-0.2, 0) is 73.1 Å². The number of carbonyl (C=O) groups excluding carboxylic acids is 5. The molecular weight excluding hydrogens is 1240 g/mol. The highest BCUT2D eigenvalue weighted by Gasteiger charge is 2.69. The highest BCUT2D eigenvalue weighted by Crippen LogP contribution is 2.54. The van der Waals surface area contributed by atoms with Crippen LogP contribution in [0.15, 0.2) is 42.9 Å². The molecule has 526 valence electrons. The molecule has 12 heterocycles. The minimum Gasteiger partial charge on any atom is -0.391 e. The Hall–Kier alpha value is -4.97. The van der Waals surface area contributed by atoms with Gasteiger partial charge in [-0.3, -0.25) is 28.7 Å². The van der Waals surface area contributed by atoms with Crippen LogP contribution < -0.4 is 21.3 Å². The van der Waals surface area contributed by atoms with Gasteiger partial charge in [0.1, 0.15) is 54.1 Å². The lowest BCUT2D eigenvalue weighted by atomic mass is 9.81. The number of aryl methyl sites for hydroxylation is 1. The summed E-state index contributed by atoms with van der Waals surface area (Å²) in [5.74, 6) is -3.26. The Bertz CT molecular complexity index is 3040. The van der Waals surface area contributed by atoms with Gasteiger partial charge in [0.05, 0.1) is 79.9 Å². The van der Waals surface area contributed by atoms with Crippen LogP contribution in [-0.4, -0.2) is 220 Å². The van der Waals surface area contributed by atoms with Crippen molar-refractivity contribution in [3.63, 3.8) is 0 Å². The van der Waals surface area contributed by atoms with Gasteiger partial charge in [0.2, 0.25) is 23.6 Å². The van der Waals surface area contributed by atoms with Crippen LogP contribution in [0.4, 0.5) is 0 Å². The normalized spacial score (nSPS) is 34.5. The molecule has 26 heteroatoms. The Morgan fingerprint density at radius 1 is 0.821 bits per heavy atom. The second-order valence-electron chi connectivity index (χ2n) is 28.6. The lowest BCUT2D eigenvalue weighted by molar-refractivity contribution is -0.292. The number of hydrogen-bond acceptors (Lipinski definition) is 20. The number of hydrogen-bond donors (Lipinski definition) is 6. The SMILES string of the molecule is C=C1C[C@@H]2CC[C@@]34CC5O[C@H]6[C@@H](O3)[C@H]3O[C@H](CC[C@@H]3O[C@H]6[C@H]5O4)CC(=O)C[C@@H]3[C@@H](OC)[C@@H](C[C@H](O)CNC(=O)CNC(=O)[C@H](CCCCN(CC)CC)NC(=O)[C@@H](NC(=O)CCCCCn4cc(-c5cnc(=S)[nH]c5)nn4)C(C)C)O[C@H]3C[C@H]3O[C@@H](CCC1O2)C[C@@H](C)C3=C. The van der Waals surface area contributed by atoms with Gasteiger partial charge in [0, 0.05) is 89.0 Å². The number of unbranched alkanes of at least 4 members (excludes halogenated alkanes) is 3. The minimum atomic E-state index is -1.10. The van der Waals surface area contributed by atoms with Gasteiger partial charge >= 0.3 is 0 Å². The Morgan fingerprint density at radius 2 is 1.59 bits per heavy atom. The largest absolute Gasteiger partial charge is 0.391 e. The quantitative estimate of drug-likeness (QED) is 0.0367. The number of carbonyl (C=O) groups is 5. The van der Waals surface area contributed by atoms with Gasteiger partial charge in [-0.25, -0.2) is 4.98 Å². The zero-order valence-corrected chi connectivity index (χ0v) is 57.3. The monoisotopic (exact) mass is 1340 g/mol. The number of ketones is 1. The minimum absolute atomic E-state index is 0.00336. The van der Waals surface area contributed by atoms with Crippen LogP contribution in [0.5, 0.6) is 0 Å². The number of nitrogens with one attached hydrogen (secondary N) is 5. The highest BCUT2D eigenvalue weighted by molar-refractivity contribution is 7.71. The van der Waals surface area contributed by atoms with Crippen molar-refractivity contribution in [1.29, 1.82) is 0 Å².